The van der Waals surface area contributed by atoms with Crippen molar-refractivity contribution in [2.45, 2.75) is 46.1 Å². The molecule has 0 saturated heterocycles. The normalized spacial score (nSPS) is 15.9. The fourth-order valence-electron chi connectivity index (χ4n) is 3.66. The SMILES string of the molecule is CC1=C(C(=O)OC(C)(C)C)[C@@H](c2ccc(Cl)cc2)C(C#N)=C(SCC(=O)Nc2ccccc2C)N1. The molecule has 182 valence electrons. The number of para-hydroxylation sites is 1. The monoisotopic (exact) mass is 509 g/mol. The van der Waals surface area contributed by atoms with Gasteiger partial charge in [-0.15, -0.1) is 0 Å². The van der Waals surface area contributed by atoms with Crippen LogP contribution in [-0.4, -0.2) is 23.2 Å². The highest BCUT2D eigenvalue weighted by Crippen LogP contribution is 2.41. The van der Waals surface area contributed by atoms with Gasteiger partial charge in [0.1, 0.15) is 5.60 Å². The van der Waals surface area contributed by atoms with Crippen LogP contribution in [0, 0.1) is 18.3 Å². The Labute approximate surface area is 215 Å². The van der Waals surface area contributed by atoms with E-state index in [0.717, 1.165) is 16.8 Å². The molecular weight excluding hydrogens is 482 g/mol. The Hall–Kier alpha value is -3.21. The zero-order valence-electron chi connectivity index (χ0n) is 20.4. The summed E-state index contributed by atoms with van der Waals surface area (Å²) >= 11 is 7.30. The lowest BCUT2D eigenvalue weighted by Gasteiger charge is -2.31. The molecule has 1 atom stereocenters. The van der Waals surface area contributed by atoms with Crippen molar-refractivity contribution >= 4 is 40.9 Å². The van der Waals surface area contributed by atoms with E-state index in [-0.39, 0.29) is 11.7 Å². The molecule has 0 bridgehead atoms. The first-order valence-electron chi connectivity index (χ1n) is 11.1. The molecule has 0 aliphatic carbocycles. The van der Waals surface area contributed by atoms with Crippen molar-refractivity contribution in [1.29, 1.82) is 5.26 Å². The van der Waals surface area contributed by atoms with E-state index in [1.807, 2.05) is 31.2 Å². The van der Waals surface area contributed by atoms with Gasteiger partial charge in [0.25, 0.3) is 0 Å². The van der Waals surface area contributed by atoms with Gasteiger partial charge in [0.2, 0.25) is 5.91 Å². The van der Waals surface area contributed by atoms with Gasteiger partial charge in [-0.25, -0.2) is 4.79 Å². The molecule has 1 aliphatic heterocycles. The van der Waals surface area contributed by atoms with E-state index in [0.29, 0.717) is 26.9 Å². The van der Waals surface area contributed by atoms with E-state index in [4.69, 9.17) is 16.3 Å². The van der Waals surface area contributed by atoms with Gasteiger partial charge in [-0.05, 0) is 63.9 Å². The van der Waals surface area contributed by atoms with Crippen LogP contribution < -0.4 is 10.6 Å². The van der Waals surface area contributed by atoms with Gasteiger partial charge in [0.05, 0.1) is 33.9 Å². The maximum atomic E-state index is 13.2. The van der Waals surface area contributed by atoms with Gasteiger partial charge in [0.15, 0.2) is 0 Å². The Morgan fingerprint density at radius 1 is 1.14 bits per heavy atom. The largest absolute Gasteiger partial charge is 0.457 e. The number of halogens is 1. The first-order valence-corrected chi connectivity index (χ1v) is 12.5. The van der Waals surface area contributed by atoms with Crippen LogP contribution in [0.15, 0.2) is 70.4 Å². The lowest BCUT2D eigenvalue weighted by molar-refractivity contribution is -0.150. The number of dihydropyridines is 1. The molecule has 3 rings (SSSR count). The number of carbonyl (C=O) groups is 2. The molecule has 0 aromatic heterocycles. The number of benzene rings is 2. The number of nitriles is 1. The molecule has 0 radical (unpaired) electrons. The first kappa shape index (κ1) is 26.4. The number of amides is 1. The summed E-state index contributed by atoms with van der Waals surface area (Å²) < 4.78 is 5.66. The van der Waals surface area contributed by atoms with E-state index in [2.05, 4.69) is 16.7 Å². The van der Waals surface area contributed by atoms with Crippen LogP contribution in [0.3, 0.4) is 0 Å². The standard InChI is InChI=1S/C27H28ClN3O3S/c1-16-8-6-7-9-21(16)31-22(32)15-35-25-20(14-29)24(18-10-12-19(28)13-11-18)23(17(2)30-25)26(33)34-27(3,4)5/h6-13,24,30H,15H2,1-5H3,(H,31,32)/t24-/m0/s1. The molecule has 8 heteroatoms. The second-order valence-corrected chi connectivity index (χ2v) is 10.6. The average molecular weight is 510 g/mol. The van der Waals surface area contributed by atoms with Crippen molar-refractivity contribution < 1.29 is 14.3 Å². The Morgan fingerprint density at radius 2 is 1.80 bits per heavy atom. The minimum absolute atomic E-state index is 0.0875. The zero-order valence-corrected chi connectivity index (χ0v) is 21.9. The maximum absolute atomic E-state index is 13.2. The number of thioether (sulfide) groups is 1. The van der Waals surface area contributed by atoms with Crippen molar-refractivity contribution in [2.75, 3.05) is 11.1 Å². The minimum atomic E-state index is -0.700. The van der Waals surface area contributed by atoms with E-state index in [9.17, 15) is 14.9 Å². The maximum Gasteiger partial charge on any atom is 0.337 e. The number of hydrogen-bond acceptors (Lipinski definition) is 6. The summed E-state index contributed by atoms with van der Waals surface area (Å²) in [5.41, 5.74) is 3.00. The van der Waals surface area contributed by atoms with Crippen molar-refractivity contribution in [3.63, 3.8) is 0 Å². The summed E-state index contributed by atoms with van der Waals surface area (Å²) in [4.78, 5) is 25.8. The molecular formula is C27H28ClN3O3S. The molecule has 0 fully saturated rings. The quantitative estimate of drug-likeness (QED) is 0.460. The number of hydrogen-bond donors (Lipinski definition) is 2. The third-order valence-corrected chi connectivity index (χ3v) is 6.51. The van der Waals surface area contributed by atoms with E-state index < -0.39 is 17.5 Å². The third-order valence-electron chi connectivity index (χ3n) is 5.24. The van der Waals surface area contributed by atoms with Crippen molar-refractivity contribution in [3.8, 4) is 6.07 Å². The number of rotatable bonds is 6. The van der Waals surface area contributed by atoms with Gasteiger partial charge >= 0.3 is 5.97 Å². The molecule has 1 aliphatic rings. The predicted octanol–water partition coefficient (Wildman–Crippen LogP) is 6.06. The average Bonchev–Trinajstić information content (AvgIpc) is 2.78. The summed E-state index contributed by atoms with van der Waals surface area (Å²) in [6.45, 7) is 9.08. The van der Waals surface area contributed by atoms with E-state index in [1.54, 1.807) is 52.0 Å². The van der Waals surface area contributed by atoms with Gasteiger partial charge in [-0.1, -0.05) is 53.7 Å². The van der Waals surface area contributed by atoms with Crippen LogP contribution in [0.25, 0.3) is 0 Å². The van der Waals surface area contributed by atoms with Crippen LogP contribution in [0.1, 0.15) is 44.7 Å². The van der Waals surface area contributed by atoms with Crippen LogP contribution in [-0.2, 0) is 14.3 Å². The molecule has 0 saturated carbocycles. The van der Waals surface area contributed by atoms with Crippen molar-refractivity contribution in [1.82, 2.24) is 5.32 Å². The number of allylic oxidation sites excluding steroid dienone is 2. The number of nitrogens with zero attached hydrogens (tertiary/aromatic N) is 1. The van der Waals surface area contributed by atoms with Crippen LogP contribution >= 0.6 is 23.4 Å². The number of esters is 1. The summed E-state index contributed by atoms with van der Waals surface area (Å²) in [5.74, 6) is -1.27. The minimum Gasteiger partial charge on any atom is -0.457 e. The van der Waals surface area contributed by atoms with Gasteiger partial charge in [0, 0.05) is 16.4 Å². The number of ether oxygens (including phenoxy) is 1. The summed E-state index contributed by atoms with van der Waals surface area (Å²) in [6.07, 6.45) is 0. The highest BCUT2D eigenvalue weighted by atomic mass is 35.5. The van der Waals surface area contributed by atoms with Crippen LogP contribution in [0.5, 0.6) is 0 Å². The number of aryl methyl sites for hydroxylation is 1. The van der Waals surface area contributed by atoms with E-state index >= 15 is 0 Å². The lowest BCUT2D eigenvalue weighted by Crippen LogP contribution is -2.32. The zero-order chi connectivity index (χ0) is 25.8. The van der Waals surface area contributed by atoms with Crippen molar-refractivity contribution in [3.05, 3.63) is 86.6 Å². The van der Waals surface area contributed by atoms with Gasteiger partial charge in [-0.2, -0.15) is 5.26 Å². The molecule has 6 nitrogen and oxygen atoms in total. The fourth-order valence-corrected chi connectivity index (χ4v) is 4.67. The number of anilines is 1. The summed E-state index contributed by atoms with van der Waals surface area (Å²) in [6, 6.07) is 16.8. The smallest absolute Gasteiger partial charge is 0.337 e. The summed E-state index contributed by atoms with van der Waals surface area (Å²) in [7, 11) is 0. The summed E-state index contributed by atoms with van der Waals surface area (Å²) in [5, 5.41) is 17.3. The number of nitrogens with one attached hydrogen (secondary N) is 2. The first-order chi connectivity index (χ1) is 16.5. The molecule has 0 spiro atoms. The Bertz CT molecular complexity index is 1240. The van der Waals surface area contributed by atoms with Crippen LogP contribution in [0.2, 0.25) is 5.02 Å². The van der Waals surface area contributed by atoms with Gasteiger partial charge < -0.3 is 15.4 Å². The molecule has 1 amide bonds. The topological polar surface area (TPSA) is 91.2 Å². The predicted molar refractivity (Wildman–Crippen MR) is 141 cm³/mol. The highest BCUT2D eigenvalue weighted by molar-refractivity contribution is 8.03. The van der Waals surface area contributed by atoms with Crippen molar-refractivity contribution in [2.24, 2.45) is 0 Å². The highest BCUT2D eigenvalue weighted by Gasteiger charge is 2.37. The Balaban J connectivity index is 1.93. The second-order valence-electron chi connectivity index (χ2n) is 9.16. The number of carbonyl (C=O) groups excluding carboxylic acids is 2. The van der Waals surface area contributed by atoms with Gasteiger partial charge in [-0.3, -0.25) is 4.79 Å². The molecule has 35 heavy (non-hydrogen) atoms. The fraction of sp³-hybridized carbons (Fsp3) is 0.296. The Morgan fingerprint density at radius 3 is 2.40 bits per heavy atom. The molecule has 2 aromatic carbocycles. The van der Waals surface area contributed by atoms with E-state index in [1.165, 1.54) is 11.8 Å². The van der Waals surface area contributed by atoms with Crippen LogP contribution in [0.4, 0.5) is 5.69 Å². The molecule has 0 unspecified atom stereocenters. The molecule has 1 heterocycles. The Kier molecular flexibility index (Phi) is 8.31. The molecule has 2 aromatic rings. The molecule has 2 N–H and O–H groups in total. The third kappa shape index (κ3) is 6.68. The second kappa shape index (κ2) is 11.0. The lowest BCUT2D eigenvalue weighted by atomic mass is 9.82.